The van der Waals surface area contributed by atoms with Crippen LogP contribution in [-0.2, 0) is 12.8 Å². The number of hydrogen-bond acceptors (Lipinski definition) is 4. The second-order valence-corrected chi connectivity index (χ2v) is 6.50. The summed E-state index contributed by atoms with van der Waals surface area (Å²) in [6.07, 6.45) is 3.32. The standard InChI is InChI=1S/C14H20N4S/c1-9-8-19-6-5-18(9)14-11(13(15)16)7-10-3-2-4-12(10)17-14/h7,9H,2-6,8H2,1H3,(H3,15,16). The lowest BCUT2D eigenvalue weighted by atomic mass is 10.1. The van der Waals surface area contributed by atoms with Crippen LogP contribution in [0.25, 0.3) is 0 Å². The molecule has 1 aliphatic heterocycles. The molecule has 0 bridgehead atoms. The van der Waals surface area contributed by atoms with Gasteiger partial charge < -0.3 is 10.6 Å². The summed E-state index contributed by atoms with van der Waals surface area (Å²) in [4.78, 5) is 7.17. The topological polar surface area (TPSA) is 66.0 Å². The minimum Gasteiger partial charge on any atom is -0.384 e. The molecular weight excluding hydrogens is 256 g/mol. The summed E-state index contributed by atoms with van der Waals surface area (Å²) in [5, 5.41) is 7.83. The molecule has 3 rings (SSSR count). The Hall–Kier alpha value is -1.23. The number of anilines is 1. The number of nitrogens with two attached hydrogens (primary N) is 1. The van der Waals surface area contributed by atoms with E-state index in [-0.39, 0.29) is 5.84 Å². The van der Waals surface area contributed by atoms with Crippen LogP contribution in [0.4, 0.5) is 5.82 Å². The molecule has 0 spiro atoms. The van der Waals surface area contributed by atoms with Crippen LogP contribution in [0.15, 0.2) is 6.07 Å². The zero-order chi connectivity index (χ0) is 13.4. The van der Waals surface area contributed by atoms with Gasteiger partial charge in [-0.2, -0.15) is 11.8 Å². The first-order valence-electron chi connectivity index (χ1n) is 6.88. The van der Waals surface area contributed by atoms with E-state index in [2.05, 4.69) is 17.9 Å². The van der Waals surface area contributed by atoms with Gasteiger partial charge in [-0.25, -0.2) is 4.98 Å². The highest BCUT2D eigenvalue weighted by molar-refractivity contribution is 7.99. The molecule has 5 heteroatoms. The van der Waals surface area contributed by atoms with Gasteiger partial charge in [0.05, 0.1) is 5.56 Å². The van der Waals surface area contributed by atoms with Crippen LogP contribution in [0.2, 0.25) is 0 Å². The van der Waals surface area contributed by atoms with Crippen molar-refractivity contribution < 1.29 is 0 Å². The molecule has 4 nitrogen and oxygen atoms in total. The first-order chi connectivity index (χ1) is 9.16. The van der Waals surface area contributed by atoms with Crippen molar-refractivity contribution in [1.29, 1.82) is 5.41 Å². The third-order valence-corrected chi connectivity index (χ3v) is 5.15. The lowest BCUT2D eigenvalue weighted by Crippen LogP contribution is -2.42. The lowest BCUT2D eigenvalue weighted by molar-refractivity contribution is 0.687. The van der Waals surface area contributed by atoms with Crippen molar-refractivity contribution in [2.45, 2.75) is 32.2 Å². The monoisotopic (exact) mass is 276 g/mol. The second kappa shape index (κ2) is 5.04. The molecule has 0 radical (unpaired) electrons. The highest BCUT2D eigenvalue weighted by Gasteiger charge is 2.26. The summed E-state index contributed by atoms with van der Waals surface area (Å²) < 4.78 is 0. The summed E-state index contributed by atoms with van der Waals surface area (Å²) in [7, 11) is 0. The Morgan fingerprint density at radius 3 is 3.11 bits per heavy atom. The number of nitrogen functional groups attached to an aromatic ring is 1. The molecular formula is C14H20N4S. The van der Waals surface area contributed by atoms with Crippen LogP contribution in [0.3, 0.4) is 0 Å². The largest absolute Gasteiger partial charge is 0.384 e. The minimum absolute atomic E-state index is 0.141. The fourth-order valence-electron chi connectivity index (χ4n) is 2.92. The molecule has 1 aromatic rings. The molecule has 1 unspecified atom stereocenters. The number of thioether (sulfide) groups is 1. The van der Waals surface area contributed by atoms with Gasteiger partial charge >= 0.3 is 0 Å². The quantitative estimate of drug-likeness (QED) is 0.638. The van der Waals surface area contributed by atoms with Crippen LogP contribution >= 0.6 is 11.8 Å². The van der Waals surface area contributed by atoms with E-state index in [0.29, 0.717) is 6.04 Å². The van der Waals surface area contributed by atoms with Gasteiger partial charge in [0.25, 0.3) is 0 Å². The summed E-state index contributed by atoms with van der Waals surface area (Å²) in [6, 6.07) is 2.56. The summed E-state index contributed by atoms with van der Waals surface area (Å²) in [6.45, 7) is 3.23. The molecule has 0 amide bonds. The normalized spacial score (nSPS) is 22.4. The fourth-order valence-corrected chi connectivity index (χ4v) is 3.93. The van der Waals surface area contributed by atoms with Crippen LogP contribution < -0.4 is 10.6 Å². The number of nitrogens with zero attached hydrogens (tertiary/aromatic N) is 2. The maximum Gasteiger partial charge on any atom is 0.140 e. The Morgan fingerprint density at radius 2 is 2.37 bits per heavy atom. The van der Waals surface area contributed by atoms with E-state index < -0.39 is 0 Å². The highest BCUT2D eigenvalue weighted by Crippen LogP contribution is 2.30. The van der Waals surface area contributed by atoms with Gasteiger partial charge in [-0.3, -0.25) is 5.41 Å². The third kappa shape index (κ3) is 2.31. The molecule has 1 fully saturated rings. The lowest BCUT2D eigenvalue weighted by Gasteiger charge is -2.35. The Bertz CT molecular complexity index is 514. The number of nitrogens with one attached hydrogen (secondary N) is 1. The zero-order valence-corrected chi connectivity index (χ0v) is 12.1. The first-order valence-corrected chi connectivity index (χ1v) is 8.04. The zero-order valence-electron chi connectivity index (χ0n) is 11.3. The van der Waals surface area contributed by atoms with E-state index in [1.807, 2.05) is 11.8 Å². The Kier molecular flexibility index (Phi) is 3.39. The number of aryl methyl sites for hydroxylation is 2. The summed E-state index contributed by atoms with van der Waals surface area (Å²) in [5.74, 6) is 3.32. The second-order valence-electron chi connectivity index (χ2n) is 5.35. The molecule has 3 N–H and O–H groups in total. The average Bonchev–Trinajstić information content (AvgIpc) is 2.85. The molecule has 19 heavy (non-hydrogen) atoms. The maximum absolute atomic E-state index is 7.83. The smallest absolute Gasteiger partial charge is 0.140 e. The predicted octanol–water partition coefficient (Wildman–Crippen LogP) is 1.80. The van der Waals surface area contributed by atoms with Crippen LogP contribution in [0, 0.1) is 5.41 Å². The van der Waals surface area contributed by atoms with Crippen LogP contribution in [0.1, 0.15) is 30.2 Å². The van der Waals surface area contributed by atoms with Crippen molar-refractivity contribution >= 4 is 23.4 Å². The molecule has 1 saturated heterocycles. The Morgan fingerprint density at radius 1 is 1.53 bits per heavy atom. The van der Waals surface area contributed by atoms with Gasteiger partial charge in [0.2, 0.25) is 0 Å². The van der Waals surface area contributed by atoms with Gasteiger partial charge in [0.1, 0.15) is 11.7 Å². The van der Waals surface area contributed by atoms with E-state index >= 15 is 0 Å². The van der Waals surface area contributed by atoms with Crippen LogP contribution in [0.5, 0.6) is 0 Å². The van der Waals surface area contributed by atoms with E-state index in [4.69, 9.17) is 16.1 Å². The Labute approximate surface area is 118 Å². The number of amidine groups is 1. The molecule has 1 atom stereocenters. The SMILES string of the molecule is CC1CSCCN1c1nc2c(cc1C(=N)N)CCC2. The van der Waals surface area contributed by atoms with Crippen molar-refractivity contribution in [1.82, 2.24) is 4.98 Å². The third-order valence-electron chi connectivity index (χ3n) is 3.96. The summed E-state index contributed by atoms with van der Waals surface area (Å²) in [5.41, 5.74) is 9.09. The predicted molar refractivity (Wildman–Crippen MR) is 81.4 cm³/mol. The molecule has 2 heterocycles. The van der Waals surface area contributed by atoms with E-state index in [9.17, 15) is 0 Å². The molecule has 2 aliphatic rings. The van der Waals surface area contributed by atoms with E-state index in [1.54, 1.807) is 0 Å². The molecule has 0 saturated carbocycles. The van der Waals surface area contributed by atoms with Crippen molar-refractivity contribution in [2.24, 2.45) is 5.73 Å². The number of aromatic nitrogens is 1. The fraction of sp³-hybridized carbons (Fsp3) is 0.571. The maximum atomic E-state index is 7.83. The summed E-state index contributed by atoms with van der Waals surface area (Å²) >= 11 is 1.99. The van der Waals surface area contributed by atoms with Gasteiger partial charge in [-0.05, 0) is 37.8 Å². The Balaban J connectivity index is 2.05. The molecule has 102 valence electrons. The first kappa shape index (κ1) is 12.8. The van der Waals surface area contributed by atoms with Crippen molar-refractivity contribution in [3.8, 4) is 0 Å². The van der Waals surface area contributed by atoms with E-state index in [1.165, 1.54) is 17.7 Å². The molecule has 1 aromatic heterocycles. The molecule has 1 aliphatic carbocycles. The van der Waals surface area contributed by atoms with Gasteiger partial charge in [-0.1, -0.05) is 0 Å². The number of hydrogen-bond donors (Lipinski definition) is 2. The highest BCUT2D eigenvalue weighted by atomic mass is 32.2. The van der Waals surface area contributed by atoms with Crippen LogP contribution in [-0.4, -0.2) is 34.9 Å². The number of pyridine rings is 1. The van der Waals surface area contributed by atoms with Gasteiger partial charge in [0, 0.05) is 29.8 Å². The van der Waals surface area contributed by atoms with Crippen molar-refractivity contribution in [3.05, 3.63) is 22.9 Å². The minimum atomic E-state index is 0.141. The van der Waals surface area contributed by atoms with Crippen molar-refractivity contribution in [2.75, 3.05) is 23.0 Å². The average molecular weight is 276 g/mol. The molecule has 0 aromatic carbocycles. The number of fused-ring (bicyclic) bond motifs is 1. The number of rotatable bonds is 2. The van der Waals surface area contributed by atoms with E-state index in [0.717, 1.165) is 42.3 Å². The van der Waals surface area contributed by atoms with Gasteiger partial charge in [0.15, 0.2) is 0 Å². The van der Waals surface area contributed by atoms with Crippen molar-refractivity contribution in [3.63, 3.8) is 0 Å². The van der Waals surface area contributed by atoms with Gasteiger partial charge in [-0.15, -0.1) is 0 Å².